The highest BCUT2D eigenvalue weighted by molar-refractivity contribution is 6.18. The lowest BCUT2D eigenvalue weighted by Crippen LogP contribution is -2.62. The van der Waals surface area contributed by atoms with Crippen LogP contribution in [0.2, 0.25) is 0 Å². The molecule has 0 saturated heterocycles. The Hall–Kier alpha value is -2.25. The number of fused-ring (bicyclic) bond motifs is 11. The third-order valence-corrected chi connectivity index (χ3v) is 14.6. The number of aromatic nitrogens is 1. The van der Waals surface area contributed by atoms with Gasteiger partial charge < -0.3 is 25.3 Å². The van der Waals surface area contributed by atoms with Crippen LogP contribution >= 0.6 is 0 Å². The van der Waals surface area contributed by atoms with Crippen molar-refractivity contribution in [2.24, 2.45) is 34.3 Å². The molecule has 46 heavy (non-hydrogen) atoms. The Morgan fingerprint density at radius 3 is 2.50 bits per heavy atom. The number of rotatable bonds is 4. The van der Waals surface area contributed by atoms with Crippen LogP contribution < -0.4 is 5.73 Å². The third-order valence-electron chi connectivity index (χ3n) is 14.6. The molecule has 2 aliphatic heterocycles. The molecule has 2 fully saturated rings. The number of allylic oxidation sites excluding steroid dienone is 1. The zero-order chi connectivity index (χ0) is 33.1. The van der Waals surface area contributed by atoms with Gasteiger partial charge in [-0.3, -0.25) is 4.79 Å². The first-order valence-electron chi connectivity index (χ1n) is 17.9. The molecular weight excluding hydrogens is 572 g/mol. The van der Waals surface area contributed by atoms with Gasteiger partial charge in [-0.25, -0.2) is 0 Å². The zero-order valence-electron chi connectivity index (χ0n) is 29.2. The highest BCUT2D eigenvalue weighted by Gasteiger charge is 2.68. The zero-order valence-corrected chi connectivity index (χ0v) is 29.2. The van der Waals surface area contributed by atoms with E-state index in [0.29, 0.717) is 23.9 Å². The summed E-state index contributed by atoms with van der Waals surface area (Å²) in [5, 5.41) is 24.9. The fraction of sp³-hybridized carbons (Fsp3) is 0.675. The Balaban J connectivity index is 1.40. The molecule has 2 unspecified atom stereocenters. The average Bonchev–Trinajstić information content (AvgIpc) is 3.62. The van der Waals surface area contributed by atoms with Crippen LogP contribution in [0.4, 0.5) is 0 Å². The number of aliphatic hydroxyl groups is 2. The molecule has 9 atom stereocenters. The minimum absolute atomic E-state index is 0.0479. The second kappa shape index (κ2) is 9.25. The lowest BCUT2D eigenvalue weighted by Gasteiger charge is -2.65. The first-order valence-corrected chi connectivity index (χ1v) is 17.9. The van der Waals surface area contributed by atoms with Gasteiger partial charge in [0.1, 0.15) is 6.04 Å². The molecule has 2 saturated carbocycles. The van der Waals surface area contributed by atoms with E-state index in [1.165, 1.54) is 16.6 Å². The predicted molar refractivity (Wildman–Crippen MR) is 183 cm³/mol. The lowest BCUT2D eigenvalue weighted by molar-refractivity contribution is -0.167. The number of carbonyl (C=O) groups excluding carboxylic acids is 1. The van der Waals surface area contributed by atoms with E-state index in [1.807, 2.05) is 6.92 Å². The smallest absolute Gasteiger partial charge is 0.192 e. The SMILES string of the molecule is C=C(C)[C@H]1C(=O)c2c3c(cc4c5c(n1c24)[C@@]1(C)C(CC[C@H]2[C@](C)(CCCN)[C@@H](O)CC[C@@]21C)C5)C1=CC(C)(C)OC(C)(C)C1[C@@H]3O. The van der Waals surface area contributed by atoms with Crippen LogP contribution in [-0.2, 0) is 16.6 Å². The monoisotopic (exact) mass is 626 g/mol. The molecule has 0 bridgehead atoms. The van der Waals surface area contributed by atoms with Gasteiger partial charge >= 0.3 is 0 Å². The van der Waals surface area contributed by atoms with E-state index < -0.39 is 23.3 Å². The molecule has 1 aromatic carbocycles. The number of benzene rings is 1. The first kappa shape index (κ1) is 31.0. The summed E-state index contributed by atoms with van der Waals surface area (Å²) in [6, 6.07) is 1.86. The molecule has 248 valence electrons. The van der Waals surface area contributed by atoms with Crippen molar-refractivity contribution in [3.63, 3.8) is 0 Å². The van der Waals surface area contributed by atoms with Crippen molar-refractivity contribution < 1.29 is 19.7 Å². The number of nitrogens with two attached hydrogens (primary N) is 1. The van der Waals surface area contributed by atoms with Crippen molar-refractivity contribution in [3.8, 4) is 0 Å². The maximum Gasteiger partial charge on any atom is 0.192 e. The highest BCUT2D eigenvalue weighted by Crippen LogP contribution is 2.72. The lowest BCUT2D eigenvalue weighted by atomic mass is 9.40. The van der Waals surface area contributed by atoms with Gasteiger partial charge in [0.05, 0.1) is 34.5 Å². The largest absolute Gasteiger partial charge is 0.393 e. The van der Waals surface area contributed by atoms with Crippen LogP contribution in [0.1, 0.15) is 139 Å². The van der Waals surface area contributed by atoms with Gasteiger partial charge in [-0.1, -0.05) is 32.9 Å². The summed E-state index contributed by atoms with van der Waals surface area (Å²) >= 11 is 0. The second-order valence-corrected chi connectivity index (χ2v) is 17.9. The Labute approximate surface area is 274 Å². The van der Waals surface area contributed by atoms with Crippen molar-refractivity contribution in [2.75, 3.05) is 6.54 Å². The Morgan fingerprint density at radius 2 is 1.83 bits per heavy atom. The molecule has 0 radical (unpaired) electrons. The Bertz CT molecular complexity index is 1760. The number of carbonyl (C=O) groups is 1. The molecular formula is C40H54N2O4. The van der Waals surface area contributed by atoms with Crippen molar-refractivity contribution in [1.82, 2.24) is 4.57 Å². The van der Waals surface area contributed by atoms with Crippen LogP contribution in [-0.4, -0.2) is 44.4 Å². The van der Waals surface area contributed by atoms with Crippen LogP contribution in [0.3, 0.4) is 0 Å². The third kappa shape index (κ3) is 3.45. The van der Waals surface area contributed by atoms with Crippen LogP contribution in [0, 0.1) is 28.6 Å². The summed E-state index contributed by atoms with van der Waals surface area (Å²) in [5.41, 5.74) is 12.8. The molecule has 6 aliphatic rings. The number of hydrogen-bond acceptors (Lipinski definition) is 5. The van der Waals surface area contributed by atoms with Crippen molar-refractivity contribution >= 4 is 22.3 Å². The molecule has 1 aromatic heterocycles. The van der Waals surface area contributed by atoms with E-state index in [1.54, 1.807) is 0 Å². The molecule has 0 amide bonds. The fourth-order valence-corrected chi connectivity index (χ4v) is 12.8. The summed E-state index contributed by atoms with van der Waals surface area (Å²) in [4.78, 5) is 14.8. The summed E-state index contributed by atoms with van der Waals surface area (Å²) in [7, 11) is 0. The van der Waals surface area contributed by atoms with Gasteiger partial charge in [-0.15, -0.1) is 0 Å². The summed E-state index contributed by atoms with van der Waals surface area (Å²) < 4.78 is 8.92. The van der Waals surface area contributed by atoms with Gasteiger partial charge in [0.25, 0.3) is 0 Å². The van der Waals surface area contributed by atoms with Gasteiger partial charge in [0.2, 0.25) is 0 Å². The van der Waals surface area contributed by atoms with Crippen LogP contribution in [0.15, 0.2) is 24.3 Å². The minimum Gasteiger partial charge on any atom is -0.393 e. The van der Waals surface area contributed by atoms with Gasteiger partial charge in [-0.2, -0.15) is 0 Å². The maximum absolute atomic E-state index is 14.8. The van der Waals surface area contributed by atoms with Crippen molar-refractivity contribution in [2.45, 2.75) is 135 Å². The van der Waals surface area contributed by atoms with Crippen LogP contribution in [0.5, 0.6) is 0 Å². The highest BCUT2D eigenvalue weighted by atomic mass is 16.5. The molecule has 4 N–H and O–H groups in total. The van der Waals surface area contributed by atoms with E-state index in [4.69, 9.17) is 10.5 Å². The molecule has 3 heterocycles. The molecule has 6 heteroatoms. The number of Topliss-reactive ketones (excluding diaryl/α,β-unsaturated/α-hetero) is 1. The van der Waals surface area contributed by atoms with E-state index in [-0.39, 0.29) is 34.1 Å². The van der Waals surface area contributed by atoms with Gasteiger partial charge in [0.15, 0.2) is 5.78 Å². The molecule has 0 spiro atoms. The second-order valence-electron chi connectivity index (χ2n) is 17.9. The maximum atomic E-state index is 14.8. The van der Waals surface area contributed by atoms with Gasteiger partial charge in [0, 0.05) is 28.0 Å². The average molecular weight is 627 g/mol. The van der Waals surface area contributed by atoms with E-state index in [0.717, 1.165) is 72.7 Å². The Kier molecular flexibility index (Phi) is 6.24. The minimum atomic E-state index is -0.819. The molecule has 2 aromatic rings. The molecule has 6 nitrogen and oxygen atoms in total. The van der Waals surface area contributed by atoms with Gasteiger partial charge in [-0.05, 0) is 138 Å². The van der Waals surface area contributed by atoms with E-state index >= 15 is 0 Å². The standard InChI is InChI=1S/C40H54N2O4/c1-20(2)31-34(45)29-28-22(25-19-36(3,4)46-37(5,6)30(25)33(28)44)18-23-24-17-21-11-12-26-38(7,14-10-16-41)27(43)13-15-39(26,8)40(21,9)35(24)42(31)32(23)29/h18-19,21,26-27,30-31,33,43-44H,1,10-17,41H2,2-9H3/t21?,26-,27-,30?,31-,33+,38-,39-,40+/m0/s1. The Morgan fingerprint density at radius 1 is 1.11 bits per heavy atom. The van der Waals surface area contributed by atoms with E-state index in [2.05, 4.69) is 71.8 Å². The number of hydrogen-bond donors (Lipinski definition) is 3. The van der Waals surface area contributed by atoms with E-state index in [9.17, 15) is 15.0 Å². The number of ether oxygens (including phenoxy) is 1. The molecule has 8 rings (SSSR count). The quantitative estimate of drug-likeness (QED) is 0.309. The summed E-state index contributed by atoms with van der Waals surface area (Å²) in [6.07, 6.45) is 7.90. The first-order chi connectivity index (χ1) is 21.4. The number of nitrogens with zero attached hydrogens (tertiary/aromatic N) is 1. The summed E-state index contributed by atoms with van der Waals surface area (Å²) in [5.74, 6) is 0.658. The fourth-order valence-electron chi connectivity index (χ4n) is 12.8. The van der Waals surface area contributed by atoms with Crippen LogP contribution in [0.25, 0.3) is 16.5 Å². The van der Waals surface area contributed by atoms with Crippen molar-refractivity contribution in [3.05, 3.63) is 52.2 Å². The number of ketones is 1. The number of aliphatic hydroxyl groups excluding tert-OH is 2. The topological polar surface area (TPSA) is 97.7 Å². The summed E-state index contributed by atoms with van der Waals surface area (Å²) in [6.45, 7) is 22.7. The predicted octanol–water partition coefficient (Wildman–Crippen LogP) is 7.34. The molecule has 4 aliphatic carbocycles. The normalized spacial score (nSPS) is 41.1. The van der Waals surface area contributed by atoms with Crippen molar-refractivity contribution in [1.29, 1.82) is 0 Å².